The molecule has 0 unspecified atom stereocenters. The van der Waals surface area contributed by atoms with Crippen molar-refractivity contribution < 1.29 is 28.9 Å². The number of phenols is 1. The van der Waals surface area contributed by atoms with Gasteiger partial charge in [-0.05, 0) is 43.3 Å². The predicted molar refractivity (Wildman–Crippen MR) is 99.5 cm³/mol. The van der Waals surface area contributed by atoms with Crippen LogP contribution in [0.4, 0.5) is 0 Å². The van der Waals surface area contributed by atoms with Gasteiger partial charge in [0.25, 0.3) is 5.91 Å². The number of esters is 1. The maximum Gasteiger partial charge on any atom is 0.342 e. The zero-order valence-corrected chi connectivity index (χ0v) is 15.9. The number of hydrogen-bond donors (Lipinski definition) is 2. The first-order valence-electron chi connectivity index (χ1n) is 8.02. The van der Waals surface area contributed by atoms with Crippen molar-refractivity contribution in [3.8, 4) is 17.2 Å². The van der Waals surface area contributed by atoms with Gasteiger partial charge in [-0.25, -0.2) is 4.79 Å². The van der Waals surface area contributed by atoms with E-state index in [1.165, 1.54) is 25.3 Å². The molecule has 0 fully saturated rings. The molecule has 2 aromatic carbocycles. The largest absolute Gasteiger partial charge is 0.507 e. The monoisotopic (exact) mass is 393 g/mol. The molecule has 144 valence electrons. The van der Waals surface area contributed by atoms with Crippen molar-refractivity contribution in [3.05, 3.63) is 52.5 Å². The smallest absolute Gasteiger partial charge is 0.342 e. The van der Waals surface area contributed by atoms with E-state index in [0.717, 1.165) is 0 Å². The fraction of sp³-hybridized carbons (Fsp3) is 0.263. The van der Waals surface area contributed by atoms with Crippen molar-refractivity contribution in [2.45, 2.75) is 13.0 Å². The van der Waals surface area contributed by atoms with Crippen molar-refractivity contribution in [1.29, 1.82) is 0 Å². The molecule has 0 aliphatic carbocycles. The second kappa shape index (κ2) is 9.14. The standard InChI is InChI=1S/C19H20ClNO6/c1-11(15-9-13(25-2)5-7-17(15)26-3)21-18(23)10-27-19(24)14-6-4-12(20)8-16(14)22/h4-9,11,22H,10H2,1-3H3,(H,21,23)/t11-/m0/s1. The average Bonchev–Trinajstić information content (AvgIpc) is 2.65. The number of nitrogens with one attached hydrogen (secondary N) is 1. The predicted octanol–water partition coefficient (Wildman–Crippen LogP) is 3.10. The fourth-order valence-electron chi connectivity index (χ4n) is 2.42. The van der Waals surface area contributed by atoms with Crippen LogP contribution in [0.3, 0.4) is 0 Å². The molecule has 27 heavy (non-hydrogen) atoms. The van der Waals surface area contributed by atoms with Gasteiger partial charge in [0.05, 0.1) is 20.3 Å². The van der Waals surface area contributed by atoms with E-state index in [1.54, 1.807) is 32.2 Å². The van der Waals surface area contributed by atoms with Crippen LogP contribution in [0.5, 0.6) is 17.2 Å². The van der Waals surface area contributed by atoms with Crippen LogP contribution in [-0.2, 0) is 9.53 Å². The van der Waals surface area contributed by atoms with Gasteiger partial charge in [-0.3, -0.25) is 4.79 Å². The molecule has 7 nitrogen and oxygen atoms in total. The highest BCUT2D eigenvalue weighted by Crippen LogP contribution is 2.29. The van der Waals surface area contributed by atoms with Crippen molar-refractivity contribution in [2.24, 2.45) is 0 Å². The Bertz CT molecular complexity index is 839. The van der Waals surface area contributed by atoms with Gasteiger partial charge in [-0.2, -0.15) is 0 Å². The van der Waals surface area contributed by atoms with Gasteiger partial charge in [0.1, 0.15) is 22.8 Å². The average molecular weight is 394 g/mol. The molecular formula is C19H20ClNO6. The van der Waals surface area contributed by atoms with E-state index < -0.39 is 24.5 Å². The van der Waals surface area contributed by atoms with Gasteiger partial charge >= 0.3 is 5.97 Å². The first kappa shape index (κ1) is 20.4. The first-order chi connectivity index (χ1) is 12.8. The van der Waals surface area contributed by atoms with Gasteiger partial charge in [0, 0.05) is 10.6 Å². The van der Waals surface area contributed by atoms with Gasteiger partial charge < -0.3 is 24.6 Å². The lowest BCUT2D eigenvalue weighted by atomic mass is 10.1. The molecule has 0 saturated heterocycles. The van der Waals surface area contributed by atoms with Crippen LogP contribution in [0, 0.1) is 0 Å². The minimum Gasteiger partial charge on any atom is -0.507 e. The highest BCUT2D eigenvalue weighted by Gasteiger charge is 2.18. The zero-order valence-electron chi connectivity index (χ0n) is 15.1. The Morgan fingerprint density at radius 1 is 1.15 bits per heavy atom. The normalized spacial score (nSPS) is 11.4. The van der Waals surface area contributed by atoms with Crippen LogP contribution in [0.1, 0.15) is 28.9 Å². The summed E-state index contributed by atoms with van der Waals surface area (Å²) in [7, 11) is 3.07. The van der Waals surface area contributed by atoms with Gasteiger partial charge in [0.15, 0.2) is 6.61 Å². The summed E-state index contributed by atoms with van der Waals surface area (Å²) in [4.78, 5) is 24.1. The van der Waals surface area contributed by atoms with Crippen molar-refractivity contribution in [2.75, 3.05) is 20.8 Å². The van der Waals surface area contributed by atoms with E-state index in [4.69, 9.17) is 25.8 Å². The summed E-state index contributed by atoms with van der Waals surface area (Å²) in [6.07, 6.45) is 0. The molecule has 1 atom stereocenters. The molecule has 0 aromatic heterocycles. The Kier molecular flexibility index (Phi) is 6.90. The number of rotatable bonds is 7. The molecule has 0 aliphatic heterocycles. The Labute approximate surface area is 161 Å². The minimum absolute atomic E-state index is 0.0743. The molecule has 2 N–H and O–H groups in total. The van der Waals surface area contributed by atoms with Crippen molar-refractivity contribution in [3.63, 3.8) is 0 Å². The molecule has 0 spiro atoms. The molecule has 1 amide bonds. The second-order valence-corrected chi connectivity index (χ2v) is 6.07. The third-order valence-corrected chi connectivity index (χ3v) is 4.03. The quantitative estimate of drug-likeness (QED) is 0.702. The van der Waals surface area contributed by atoms with Gasteiger partial charge in [0.2, 0.25) is 0 Å². The van der Waals surface area contributed by atoms with Crippen LogP contribution in [0.2, 0.25) is 5.02 Å². The summed E-state index contributed by atoms with van der Waals surface area (Å²) in [5.41, 5.74) is 0.640. The number of amides is 1. The molecule has 2 aromatic rings. The highest BCUT2D eigenvalue weighted by molar-refractivity contribution is 6.30. The fourth-order valence-corrected chi connectivity index (χ4v) is 2.59. The zero-order chi connectivity index (χ0) is 20.0. The Morgan fingerprint density at radius 2 is 1.89 bits per heavy atom. The minimum atomic E-state index is -0.828. The van der Waals surface area contributed by atoms with Gasteiger partial charge in [-0.1, -0.05) is 11.6 Å². The number of hydrogen-bond acceptors (Lipinski definition) is 6. The number of halogens is 1. The third kappa shape index (κ3) is 5.27. The van der Waals surface area contributed by atoms with E-state index in [9.17, 15) is 14.7 Å². The summed E-state index contributed by atoms with van der Waals surface area (Å²) in [5, 5.41) is 12.7. The maximum atomic E-state index is 12.1. The van der Waals surface area contributed by atoms with E-state index >= 15 is 0 Å². The van der Waals surface area contributed by atoms with Crippen LogP contribution in [0.15, 0.2) is 36.4 Å². The molecule has 0 radical (unpaired) electrons. The molecule has 0 heterocycles. The first-order valence-corrected chi connectivity index (χ1v) is 8.40. The summed E-state index contributed by atoms with van der Waals surface area (Å²) < 4.78 is 15.4. The van der Waals surface area contributed by atoms with Crippen LogP contribution in [-0.4, -0.2) is 37.8 Å². The van der Waals surface area contributed by atoms with Crippen LogP contribution >= 0.6 is 11.6 Å². The number of carbonyl (C=O) groups is 2. The topological polar surface area (TPSA) is 94.1 Å². The van der Waals surface area contributed by atoms with E-state index in [-0.39, 0.29) is 16.3 Å². The number of ether oxygens (including phenoxy) is 3. The molecule has 0 bridgehead atoms. The number of phenolic OH excluding ortho intramolecular Hbond substituents is 1. The van der Waals surface area contributed by atoms with Crippen LogP contribution < -0.4 is 14.8 Å². The SMILES string of the molecule is COc1ccc(OC)c([C@H](C)NC(=O)COC(=O)c2ccc(Cl)cc2O)c1. The number of methoxy groups -OCH3 is 2. The number of aromatic hydroxyl groups is 1. The Balaban J connectivity index is 1.98. The lowest BCUT2D eigenvalue weighted by Crippen LogP contribution is -2.31. The van der Waals surface area contributed by atoms with E-state index in [2.05, 4.69) is 5.32 Å². The lowest BCUT2D eigenvalue weighted by molar-refractivity contribution is -0.124. The van der Waals surface area contributed by atoms with Crippen molar-refractivity contribution in [1.82, 2.24) is 5.32 Å². The molecular weight excluding hydrogens is 374 g/mol. The maximum absolute atomic E-state index is 12.1. The highest BCUT2D eigenvalue weighted by atomic mass is 35.5. The molecule has 0 saturated carbocycles. The Hall–Kier alpha value is -2.93. The summed E-state index contributed by atoms with van der Waals surface area (Å²) in [6, 6.07) is 8.80. The molecule has 8 heteroatoms. The Morgan fingerprint density at radius 3 is 2.52 bits per heavy atom. The summed E-state index contributed by atoms with van der Waals surface area (Å²) in [6.45, 7) is 1.26. The number of benzene rings is 2. The molecule has 0 aliphatic rings. The van der Waals surface area contributed by atoms with E-state index in [1.807, 2.05) is 0 Å². The van der Waals surface area contributed by atoms with Crippen molar-refractivity contribution >= 4 is 23.5 Å². The third-order valence-electron chi connectivity index (χ3n) is 3.79. The molecule has 2 rings (SSSR count). The summed E-state index contributed by atoms with van der Waals surface area (Å²) in [5.74, 6) is -0.439. The van der Waals surface area contributed by atoms with Crippen LogP contribution in [0.25, 0.3) is 0 Å². The van der Waals surface area contributed by atoms with E-state index in [0.29, 0.717) is 17.1 Å². The second-order valence-electron chi connectivity index (χ2n) is 5.63. The number of carbonyl (C=O) groups excluding carboxylic acids is 2. The summed E-state index contributed by atoms with van der Waals surface area (Å²) >= 11 is 5.72. The van der Waals surface area contributed by atoms with Gasteiger partial charge in [-0.15, -0.1) is 0 Å². The lowest BCUT2D eigenvalue weighted by Gasteiger charge is -2.18.